The first-order valence-corrected chi connectivity index (χ1v) is 30.9. The number of fused-ring (bicyclic) bond motifs is 5. The maximum Gasteiger partial charge on any atom is 0.407 e. The summed E-state index contributed by atoms with van der Waals surface area (Å²) in [6, 6.07) is 32.3. The van der Waals surface area contributed by atoms with E-state index in [4.69, 9.17) is 22.1 Å². The molecule has 6 aliphatic carbocycles. The number of aromatic nitrogens is 11. The number of nitrogens with two attached hydrogens (primary N) is 1. The number of carbonyl (C=O) groups excluding carboxylic acids is 1. The molecule has 6 fully saturated rings. The van der Waals surface area contributed by atoms with E-state index in [-0.39, 0.29) is 71.6 Å². The molecule has 4 N–H and O–H groups in total. The fourth-order valence-corrected chi connectivity index (χ4v) is 13.8. The van der Waals surface area contributed by atoms with Gasteiger partial charge in [0.05, 0.1) is 37.0 Å². The summed E-state index contributed by atoms with van der Waals surface area (Å²) in [6.07, 6.45) is 16.2. The highest BCUT2D eigenvalue weighted by Crippen LogP contribution is 2.42. The van der Waals surface area contributed by atoms with Gasteiger partial charge < -0.3 is 21.1 Å². The molecule has 19 nitrogen and oxygen atoms in total. The first kappa shape index (κ1) is 54.8. The second-order valence-corrected chi connectivity index (χ2v) is 25.5. The molecule has 0 bridgehead atoms. The number of halogens is 3. The van der Waals surface area contributed by atoms with Crippen LogP contribution in [0, 0.1) is 11.6 Å². The van der Waals surface area contributed by atoms with Gasteiger partial charge in [-0.2, -0.15) is 0 Å². The molecular weight excluding hydrogens is 1150 g/mol. The quantitative estimate of drug-likeness (QED) is 0.110. The number of hydrogen-bond donors (Lipinski definition) is 3. The van der Waals surface area contributed by atoms with Crippen LogP contribution >= 0.6 is 34.3 Å². The zero-order chi connectivity index (χ0) is 58.0. The highest BCUT2D eigenvalue weighted by molar-refractivity contribution is 7.22. The average molecular weight is 1210 g/mol. The standard InChI is InChI=1S/C21H22N4O3.C20H18FN5OS.C13H16N4O.C7H3ClFNS/c26-20(28-13-14-5-2-1-3-6-14)23-15-11-17(12-15)25-19-18(7-4-10-22-19)24(21(25)27)16-8-9-16;21-11-3-6-17-15(8-11)24-19(28-17)23-12-9-14(10-12)26-18-16(2-1-7-22-18)25(20(26)27)13-4-5-13;14-8-6-10(7-8)17-12-11(2-1-5-15-12)16(13(17)18)9-3-4-9;8-7-10-5-3-4(9)1-2-6(5)11-7/h1-7,10,15-17H,8-9,11-13H2,(H,23,26);1-3,6-8,12-14H,4-5,9-10H2,(H,23,24);1-2,5,8-10H,3-4,6-7,14H2;1-3H. The van der Waals surface area contributed by atoms with E-state index in [0.717, 1.165) is 118 Å². The zero-order valence-electron chi connectivity index (χ0n) is 45.9. The number of pyridine rings is 3. The monoisotopic (exact) mass is 1200 g/mol. The normalized spacial score (nSPS) is 21.4. The molecule has 8 aromatic heterocycles. The van der Waals surface area contributed by atoms with E-state index in [1.54, 1.807) is 35.3 Å². The highest BCUT2D eigenvalue weighted by Gasteiger charge is 2.40. The topological polar surface area (TPSA) is 222 Å². The maximum absolute atomic E-state index is 13.4. The van der Waals surface area contributed by atoms with Gasteiger partial charge in [-0.25, -0.2) is 52.9 Å². The Bertz CT molecular complexity index is 4490. The van der Waals surface area contributed by atoms with Crippen molar-refractivity contribution in [3.05, 3.63) is 175 Å². The second-order valence-electron chi connectivity index (χ2n) is 22.9. The molecule has 436 valence electrons. The third-order valence-corrected chi connectivity index (χ3v) is 18.8. The lowest BCUT2D eigenvalue weighted by Gasteiger charge is -2.36. The summed E-state index contributed by atoms with van der Waals surface area (Å²) < 4.78 is 44.8. The minimum atomic E-state index is -0.418. The molecule has 11 aromatic rings. The van der Waals surface area contributed by atoms with Crippen molar-refractivity contribution in [2.75, 3.05) is 5.32 Å². The molecule has 3 aromatic carbocycles. The molecule has 0 atom stereocenters. The van der Waals surface area contributed by atoms with Crippen molar-refractivity contribution in [2.24, 2.45) is 5.73 Å². The Morgan fingerprint density at radius 1 is 0.553 bits per heavy atom. The number of rotatable bonds is 11. The molecule has 0 radical (unpaired) electrons. The van der Waals surface area contributed by atoms with Gasteiger partial charge in [-0.05, 0) is 143 Å². The predicted octanol–water partition coefficient (Wildman–Crippen LogP) is 11.5. The van der Waals surface area contributed by atoms with E-state index in [1.165, 1.54) is 46.9 Å². The Balaban J connectivity index is 0.000000106. The summed E-state index contributed by atoms with van der Waals surface area (Å²) in [4.78, 5) is 72.3. The lowest BCUT2D eigenvalue weighted by atomic mass is 9.86. The van der Waals surface area contributed by atoms with Crippen LogP contribution in [0.3, 0.4) is 0 Å². The molecule has 0 saturated heterocycles. The van der Waals surface area contributed by atoms with E-state index >= 15 is 0 Å². The number of ether oxygens (including phenoxy) is 1. The number of imidazole rings is 3. The SMILES string of the molecule is Fc1ccc2sc(Cl)nc2c1.NC1CC(n2c(=O)n(C3CC3)c3cccnc32)C1.O=C(NC1CC(n2c(=O)n(C3CC3)c3cccnc32)C1)OCc1ccccc1.O=c1n(C2CC2)c2cccnc2n1C1CC(Nc2nc3cc(F)ccc3s2)C1. The minimum Gasteiger partial charge on any atom is -0.445 e. The van der Waals surface area contributed by atoms with Crippen molar-refractivity contribution < 1.29 is 18.3 Å². The molecule has 1 amide bonds. The largest absolute Gasteiger partial charge is 0.445 e. The van der Waals surface area contributed by atoms with Gasteiger partial charge in [0.15, 0.2) is 26.5 Å². The number of amides is 1. The Labute approximate surface area is 496 Å². The van der Waals surface area contributed by atoms with Gasteiger partial charge in [-0.1, -0.05) is 53.3 Å². The Kier molecular flexibility index (Phi) is 14.6. The van der Waals surface area contributed by atoms with Crippen molar-refractivity contribution in [3.63, 3.8) is 0 Å². The number of carbonyl (C=O) groups is 1. The lowest BCUT2D eigenvalue weighted by Crippen LogP contribution is -2.47. The fourth-order valence-electron chi connectivity index (χ4n) is 11.9. The van der Waals surface area contributed by atoms with E-state index in [0.29, 0.717) is 46.5 Å². The first-order valence-electron chi connectivity index (χ1n) is 28.9. The minimum absolute atomic E-state index is 0.0169. The number of thiazole rings is 2. The van der Waals surface area contributed by atoms with E-state index in [2.05, 4.69) is 35.6 Å². The van der Waals surface area contributed by atoms with Crippen molar-refractivity contribution in [1.82, 2.24) is 57.6 Å². The molecule has 0 aliphatic heterocycles. The Morgan fingerprint density at radius 3 is 1.47 bits per heavy atom. The number of alkyl carbamates (subject to hydrolysis) is 1. The number of hydrogen-bond acceptors (Lipinski definition) is 14. The smallest absolute Gasteiger partial charge is 0.407 e. The summed E-state index contributed by atoms with van der Waals surface area (Å²) in [6.45, 7) is 0.251. The predicted molar refractivity (Wildman–Crippen MR) is 325 cm³/mol. The number of nitrogens with one attached hydrogen (secondary N) is 2. The van der Waals surface area contributed by atoms with Crippen LogP contribution < -0.4 is 33.4 Å². The lowest BCUT2D eigenvalue weighted by molar-refractivity contribution is 0.122. The van der Waals surface area contributed by atoms with Gasteiger partial charge in [-0.3, -0.25) is 27.4 Å². The molecule has 0 spiro atoms. The number of anilines is 1. The highest BCUT2D eigenvalue weighted by atomic mass is 35.5. The third kappa shape index (κ3) is 11.1. The van der Waals surface area contributed by atoms with Gasteiger partial charge in [0.1, 0.15) is 18.2 Å². The molecule has 6 aliphatic rings. The summed E-state index contributed by atoms with van der Waals surface area (Å²) in [5.41, 5.74) is 13.5. The van der Waals surface area contributed by atoms with Gasteiger partial charge >= 0.3 is 23.2 Å². The van der Waals surface area contributed by atoms with Crippen molar-refractivity contribution in [1.29, 1.82) is 0 Å². The van der Waals surface area contributed by atoms with Gasteiger partial charge in [-0.15, -0.1) is 11.3 Å². The zero-order valence-corrected chi connectivity index (χ0v) is 48.3. The van der Waals surface area contributed by atoms with Crippen molar-refractivity contribution >= 4 is 99.4 Å². The fraction of sp³-hybridized carbons (Fsp3) is 0.361. The van der Waals surface area contributed by atoms with Crippen LogP contribution in [0.25, 0.3) is 53.9 Å². The summed E-state index contributed by atoms with van der Waals surface area (Å²) in [5.74, 6) is -0.550. The van der Waals surface area contributed by atoms with Crippen molar-refractivity contribution in [2.45, 2.75) is 138 Å². The van der Waals surface area contributed by atoms with Gasteiger partial charge in [0.25, 0.3) is 0 Å². The third-order valence-electron chi connectivity index (χ3n) is 16.7. The van der Waals surface area contributed by atoms with Crippen LogP contribution in [0.15, 0.2) is 136 Å². The Morgan fingerprint density at radius 2 is 1.00 bits per heavy atom. The maximum atomic E-state index is 13.4. The van der Waals surface area contributed by atoms with Crippen molar-refractivity contribution in [3.8, 4) is 0 Å². The number of nitrogens with zero attached hydrogens (tertiary/aromatic N) is 11. The molecule has 17 rings (SSSR count). The van der Waals surface area contributed by atoms with Crippen LogP contribution in [0.5, 0.6) is 0 Å². The van der Waals surface area contributed by atoms with Gasteiger partial charge in [0.2, 0.25) is 0 Å². The molecule has 6 saturated carbocycles. The summed E-state index contributed by atoms with van der Waals surface area (Å²) >= 11 is 8.50. The second kappa shape index (κ2) is 22.7. The Hall–Kier alpha value is -8.12. The van der Waals surface area contributed by atoms with Crippen LogP contribution in [0.2, 0.25) is 4.47 Å². The summed E-state index contributed by atoms with van der Waals surface area (Å²) in [7, 11) is 0. The molecule has 24 heteroatoms. The molecular formula is C61H59ClF2N14O5S2. The molecule has 8 heterocycles. The summed E-state index contributed by atoms with van der Waals surface area (Å²) in [5, 5.41) is 7.13. The molecule has 0 unspecified atom stereocenters. The van der Waals surface area contributed by atoms with Crippen LogP contribution in [-0.4, -0.2) is 76.5 Å². The van der Waals surface area contributed by atoms with E-state index in [9.17, 15) is 28.0 Å². The van der Waals surface area contributed by atoms with Crippen LogP contribution in [-0.2, 0) is 11.3 Å². The van der Waals surface area contributed by atoms with E-state index in [1.807, 2.05) is 89.6 Å². The number of benzene rings is 3. The van der Waals surface area contributed by atoms with Gasteiger partial charge in [0, 0.05) is 85.1 Å². The average Bonchev–Trinajstić information content (AvgIpc) is 2.96. The van der Waals surface area contributed by atoms with Crippen LogP contribution in [0.1, 0.15) is 119 Å². The first-order chi connectivity index (χ1) is 41.4. The van der Waals surface area contributed by atoms with Crippen LogP contribution in [0.4, 0.5) is 18.7 Å². The molecule has 85 heavy (non-hydrogen) atoms. The van der Waals surface area contributed by atoms with E-state index < -0.39 is 6.09 Å².